The smallest absolute Gasteiger partial charge is 0.227 e. The van der Waals surface area contributed by atoms with Gasteiger partial charge in [-0.25, -0.2) is 4.98 Å². The molecule has 1 aliphatic rings. The molecule has 0 amide bonds. The quantitative estimate of drug-likeness (QED) is 0.670. The summed E-state index contributed by atoms with van der Waals surface area (Å²) in [6.07, 6.45) is 6.95. The van der Waals surface area contributed by atoms with Gasteiger partial charge in [0.1, 0.15) is 5.52 Å². The molecule has 4 heteroatoms. The molecule has 1 heterocycles. The van der Waals surface area contributed by atoms with E-state index >= 15 is 0 Å². The summed E-state index contributed by atoms with van der Waals surface area (Å²) in [5, 5.41) is 18.4. The second-order valence-corrected chi connectivity index (χ2v) is 6.21. The molecule has 4 rings (SSSR count). The average molecular weight is 337 g/mol. The number of rotatable bonds is 3. The summed E-state index contributed by atoms with van der Waals surface area (Å²) < 4.78 is 5.88. The Balaban J connectivity index is 1.81. The Bertz CT molecular complexity index is 1090. The second kappa shape index (κ2) is 6.70. The molecule has 0 bridgehead atoms. The van der Waals surface area contributed by atoms with E-state index in [0.29, 0.717) is 17.9 Å². The molecule has 0 N–H and O–H groups in total. The van der Waals surface area contributed by atoms with Gasteiger partial charge in [0.15, 0.2) is 5.58 Å². The van der Waals surface area contributed by atoms with Crippen molar-refractivity contribution >= 4 is 11.1 Å². The van der Waals surface area contributed by atoms with E-state index in [9.17, 15) is 5.26 Å². The summed E-state index contributed by atoms with van der Waals surface area (Å²) in [5.41, 5.74) is 5.11. The van der Waals surface area contributed by atoms with Crippen LogP contribution in [0.4, 0.5) is 0 Å². The Hall–Kier alpha value is -3.63. The van der Waals surface area contributed by atoms with Gasteiger partial charge in [0.2, 0.25) is 5.89 Å². The first-order valence-corrected chi connectivity index (χ1v) is 8.42. The molecule has 124 valence electrons. The maximum Gasteiger partial charge on any atom is 0.227 e. The third kappa shape index (κ3) is 2.90. The van der Waals surface area contributed by atoms with Crippen molar-refractivity contribution in [2.45, 2.75) is 18.8 Å². The summed E-state index contributed by atoms with van der Waals surface area (Å²) in [6.45, 7) is 0. The van der Waals surface area contributed by atoms with Gasteiger partial charge in [0.05, 0.1) is 18.6 Å². The van der Waals surface area contributed by atoms with Gasteiger partial charge in [0.25, 0.3) is 0 Å². The van der Waals surface area contributed by atoms with E-state index in [2.05, 4.69) is 17.1 Å². The van der Waals surface area contributed by atoms with Crippen molar-refractivity contribution < 1.29 is 4.42 Å². The van der Waals surface area contributed by atoms with E-state index in [1.54, 1.807) is 0 Å². The molecule has 1 aromatic heterocycles. The molecule has 3 aromatic rings. The molecular formula is C22H15N3O. The summed E-state index contributed by atoms with van der Waals surface area (Å²) in [4.78, 5) is 4.56. The molecule has 0 fully saturated rings. The molecule has 0 aliphatic heterocycles. The van der Waals surface area contributed by atoms with Crippen LogP contribution in [0.15, 0.2) is 70.7 Å². The predicted octanol–water partition coefficient (Wildman–Crippen LogP) is 5.05. The number of hydrogen-bond donors (Lipinski definition) is 0. The van der Waals surface area contributed by atoms with Crippen molar-refractivity contribution in [1.82, 2.24) is 4.98 Å². The zero-order valence-electron chi connectivity index (χ0n) is 14.0. The van der Waals surface area contributed by atoms with E-state index in [1.807, 2.05) is 60.7 Å². The Morgan fingerprint density at radius 1 is 1.15 bits per heavy atom. The molecule has 4 nitrogen and oxygen atoms in total. The van der Waals surface area contributed by atoms with Gasteiger partial charge < -0.3 is 4.42 Å². The van der Waals surface area contributed by atoms with E-state index in [-0.39, 0.29) is 5.92 Å². The van der Waals surface area contributed by atoms with Gasteiger partial charge in [-0.05, 0) is 47.9 Å². The van der Waals surface area contributed by atoms with Crippen molar-refractivity contribution in [3.05, 3.63) is 77.4 Å². The van der Waals surface area contributed by atoms with Gasteiger partial charge in [-0.2, -0.15) is 10.5 Å². The second-order valence-electron chi connectivity index (χ2n) is 6.21. The molecule has 0 saturated carbocycles. The molecule has 1 atom stereocenters. The topological polar surface area (TPSA) is 73.6 Å². The minimum absolute atomic E-state index is 0.0716. The SMILES string of the molecule is N#CCc1ccc(-c2nc3ccccc3o2)cc1C1C=C(C#N)C=CC1. The first-order valence-electron chi connectivity index (χ1n) is 8.42. The van der Waals surface area contributed by atoms with Crippen LogP contribution in [0.25, 0.3) is 22.6 Å². The Labute approximate surface area is 151 Å². The first-order chi connectivity index (χ1) is 12.8. The van der Waals surface area contributed by atoms with Crippen LogP contribution < -0.4 is 0 Å². The predicted molar refractivity (Wildman–Crippen MR) is 99.0 cm³/mol. The van der Waals surface area contributed by atoms with Crippen LogP contribution in [0.2, 0.25) is 0 Å². The molecule has 0 radical (unpaired) electrons. The highest BCUT2D eigenvalue weighted by Gasteiger charge is 2.18. The first kappa shape index (κ1) is 15.9. The van der Waals surface area contributed by atoms with Crippen LogP contribution >= 0.6 is 0 Å². The zero-order valence-corrected chi connectivity index (χ0v) is 14.0. The third-order valence-electron chi connectivity index (χ3n) is 4.55. The lowest BCUT2D eigenvalue weighted by atomic mass is 9.85. The average Bonchev–Trinajstić information content (AvgIpc) is 3.13. The fraction of sp³-hybridized carbons (Fsp3) is 0.136. The van der Waals surface area contributed by atoms with Gasteiger partial charge >= 0.3 is 0 Å². The largest absolute Gasteiger partial charge is 0.436 e. The highest BCUT2D eigenvalue weighted by molar-refractivity contribution is 5.76. The molecule has 26 heavy (non-hydrogen) atoms. The molecule has 0 saturated heterocycles. The summed E-state index contributed by atoms with van der Waals surface area (Å²) in [6, 6.07) is 18.0. The number of allylic oxidation sites excluding steroid dienone is 4. The van der Waals surface area contributed by atoms with Crippen molar-refractivity contribution in [3.63, 3.8) is 0 Å². The third-order valence-corrected chi connectivity index (χ3v) is 4.55. The van der Waals surface area contributed by atoms with Crippen molar-refractivity contribution in [2.24, 2.45) is 0 Å². The number of nitrogens with zero attached hydrogens (tertiary/aromatic N) is 3. The van der Waals surface area contributed by atoms with Crippen LogP contribution in [0.3, 0.4) is 0 Å². The van der Waals surface area contributed by atoms with Gasteiger partial charge in [-0.15, -0.1) is 0 Å². The highest BCUT2D eigenvalue weighted by atomic mass is 16.3. The van der Waals surface area contributed by atoms with Crippen molar-refractivity contribution in [3.8, 4) is 23.6 Å². The monoisotopic (exact) mass is 337 g/mol. The van der Waals surface area contributed by atoms with Gasteiger partial charge in [0, 0.05) is 17.1 Å². The number of fused-ring (bicyclic) bond motifs is 1. The number of oxazole rings is 1. The number of hydrogen-bond acceptors (Lipinski definition) is 4. The van der Waals surface area contributed by atoms with Crippen LogP contribution in [0.1, 0.15) is 23.5 Å². The van der Waals surface area contributed by atoms with Gasteiger partial charge in [-0.3, -0.25) is 0 Å². The van der Waals surface area contributed by atoms with E-state index < -0.39 is 0 Å². The van der Waals surface area contributed by atoms with E-state index in [1.165, 1.54) is 0 Å². The molecule has 1 aliphatic carbocycles. The molecular weight excluding hydrogens is 322 g/mol. The standard InChI is InChI=1S/C22H15N3O/c23-11-10-16-8-9-18(22-25-20-6-1-2-7-21(20)26-22)13-19(16)17-5-3-4-15(12-17)14-24/h1-4,6-9,12-13,17H,5,10H2. The lowest BCUT2D eigenvalue weighted by molar-refractivity contribution is 0.619. The minimum Gasteiger partial charge on any atom is -0.436 e. The Morgan fingerprint density at radius 2 is 2.04 bits per heavy atom. The lowest BCUT2D eigenvalue weighted by Gasteiger charge is -2.18. The number of para-hydroxylation sites is 2. The van der Waals surface area contributed by atoms with Crippen molar-refractivity contribution in [2.75, 3.05) is 0 Å². The zero-order chi connectivity index (χ0) is 17.9. The van der Waals surface area contributed by atoms with Crippen LogP contribution in [0, 0.1) is 22.7 Å². The Morgan fingerprint density at radius 3 is 2.85 bits per heavy atom. The molecule has 1 unspecified atom stereocenters. The summed E-state index contributed by atoms with van der Waals surface area (Å²) in [5.74, 6) is 0.633. The molecule has 2 aromatic carbocycles. The highest BCUT2D eigenvalue weighted by Crippen LogP contribution is 2.33. The fourth-order valence-electron chi connectivity index (χ4n) is 3.29. The van der Waals surface area contributed by atoms with Crippen LogP contribution in [-0.4, -0.2) is 4.98 Å². The van der Waals surface area contributed by atoms with Crippen molar-refractivity contribution in [1.29, 1.82) is 10.5 Å². The van der Waals surface area contributed by atoms with Crippen LogP contribution in [-0.2, 0) is 6.42 Å². The maximum atomic E-state index is 9.19. The fourth-order valence-corrected chi connectivity index (χ4v) is 3.29. The van der Waals surface area contributed by atoms with E-state index in [4.69, 9.17) is 9.68 Å². The minimum atomic E-state index is 0.0716. The molecule has 0 spiro atoms. The normalized spacial score (nSPS) is 16.1. The van der Waals surface area contributed by atoms with E-state index in [0.717, 1.165) is 34.2 Å². The van der Waals surface area contributed by atoms with Crippen LogP contribution in [0.5, 0.6) is 0 Å². The summed E-state index contributed by atoms with van der Waals surface area (Å²) in [7, 11) is 0. The maximum absolute atomic E-state index is 9.19. The number of aromatic nitrogens is 1. The Kier molecular flexibility index (Phi) is 4.09. The summed E-state index contributed by atoms with van der Waals surface area (Å²) >= 11 is 0. The number of nitriles is 2. The van der Waals surface area contributed by atoms with Gasteiger partial charge in [-0.1, -0.05) is 30.4 Å². The number of benzene rings is 2. The lowest BCUT2D eigenvalue weighted by Crippen LogP contribution is -2.03.